The van der Waals surface area contributed by atoms with E-state index in [4.69, 9.17) is 9.47 Å². The van der Waals surface area contributed by atoms with Crippen LogP contribution < -0.4 is 19.1 Å². The number of amides is 1. The number of benzene rings is 2. The molecule has 0 fully saturated rings. The summed E-state index contributed by atoms with van der Waals surface area (Å²) in [7, 11) is -2.05. The van der Waals surface area contributed by atoms with Gasteiger partial charge < -0.3 is 14.8 Å². The molecule has 0 heterocycles. The second-order valence-corrected chi connectivity index (χ2v) is 9.38. The van der Waals surface area contributed by atoms with Gasteiger partial charge in [0.2, 0.25) is 15.9 Å². The van der Waals surface area contributed by atoms with E-state index in [0.717, 1.165) is 33.0 Å². The minimum Gasteiger partial charge on any atom is -0.497 e. The summed E-state index contributed by atoms with van der Waals surface area (Å²) < 4.78 is 36.8. The molecule has 0 aliphatic heterocycles. The maximum absolute atomic E-state index is 12.6. The average molecular weight is 435 g/mol. The Balaban J connectivity index is 2.04. The van der Waals surface area contributed by atoms with Crippen LogP contribution in [0.3, 0.4) is 0 Å². The van der Waals surface area contributed by atoms with Crippen LogP contribution in [0, 0.1) is 20.8 Å². The van der Waals surface area contributed by atoms with Gasteiger partial charge in [0.15, 0.2) is 0 Å². The minimum atomic E-state index is -3.64. The lowest BCUT2D eigenvalue weighted by atomic mass is 10.1. The minimum absolute atomic E-state index is 0.250. The Kier molecular flexibility index (Phi) is 7.72. The third-order valence-electron chi connectivity index (χ3n) is 4.54. The van der Waals surface area contributed by atoms with Crippen LogP contribution >= 0.6 is 0 Å². The highest BCUT2D eigenvalue weighted by molar-refractivity contribution is 7.92. The van der Waals surface area contributed by atoms with Gasteiger partial charge in [0, 0.05) is 0 Å². The standard InChI is InChI=1S/C22H30N2O5S/c1-15-11-16(2)22(17(3)12-15)24(30(6,26)27)13-21(25)23-18(4)14-29-20-9-7-19(28-5)8-10-20/h7-12,18H,13-14H2,1-6H3,(H,23,25)/t18-/m1/s1. The topological polar surface area (TPSA) is 84.9 Å². The highest BCUT2D eigenvalue weighted by atomic mass is 32.2. The molecule has 1 atom stereocenters. The second-order valence-electron chi connectivity index (χ2n) is 7.47. The van der Waals surface area contributed by atoms with Gasteiger partial charge in [0.1, 0.15) is 24.7 Å². The van der Waals surface area contributed by atoms with Crippen molar-refractivity contribution in [2.75, 3.05) is 30.8 Å². The number of hydrogen-bond donors (Lipinski definition) is 1. The molecule has 2 aromatic rings. The Hall–Kier alpha value is -2.74. The number of sulfonamides is 1. The van der Waals surface area contributed by atoms with Crippen molar-refractivity contribution in [3.8, 4) is 11.5 Å². The zero-order valence-corrected chi connectivity index (χ0v) is 19.2. The Morgan fingerprint density at radius 1 is 1.07 bits per heavy atom. The molecule has 0 radical (unpaired) electrons. The first-order valence-electron chi connectivity index (χ1n) is 9.63. The van der Waals surface area contributed by atoms with Crippen LogP contribution in [0.2, 0.25) is 0 Å². The number of nitrogens with one attached hydrogen (secondary N) is 1. The molecule has 0 bridgehead atoms. The smallest absolute Gasteiger partial charge is 0.241 e. The zero-order valence-electron chi connectivity index (χ0n) is 18.4. The summed E-state index contributed by atoms with van der Waals surface area (Å²) in [6.45, 7) is 7.39. The van der Waals surface area contributed by atoms with Gasteiger partial charge in [-0.25, -0.2) is 8.42 Å². The van der Waals surface area contributed by atoms with E-state index in [1.165, 1.54) is 0 Å². The maximum Gasteiger partial charge on any atom is 0.241 e. The monoisotopic (exact) mass is 434 g/mol. The Bertz CT molecular complexity index is 964. The first-order chi connectivity index (χ1) is 14.0. The fraction of sp³-hybridized carbons (Fsp3) is 0.409. The van der Waals surface area contributed by atoms with E-state index >= 15 is 0 Å². The van der Waals surface area contributed by atoms with Crippen molar-refractivity contribution in [3.63, 3.8) is 0 Å². The van der Waals surface area contributed by atoms with Crippen LogP contribution in [-0.2, 0) is 14.8 Å². The summed E-state index contributed by atoms with van der Waals surface area (Å²) in [6, 6.07) is 10.6. The number of nitrogens with zero attached hydrogens (tertiary/aromatic N) is 1. The summed E-state index contributed by atoms with van der Waals surface area (Å²) in [5, 5.41) is 2.80. The molecular weight excluding hydrogens is 404 g/mol. The molecule has 164 valence electrons. The molecule has 0 unspecified atom stereocenters. The van der Waals surface area contributed by atoms with E-state index in [0.29, 0.717) is 11.4 Å². The van der Waals surface area contributed by atoms with Crippen LogP contribution in [0.1, 0.15) is 23.6 Å². The molecule has 2 aromatic carbocycles. The quantitative estimate of drug-likeness (QED) is 0.656. The number of methoxy groups -OCH3 is 1. The summed E-state index contributed by atoms with van der Waals surface area (Å²) in [4.78, 5) is 12.6. The third kappa shape index (κ3) is 6.38. The van der Waals surface area contributed by atoms with E-state index in [2.05, 4.69) is 5.32 Å². The number of rotatable bonds is 9. The first kappa shape index (κ1) is 23.5. The Labute approximate surface area is 179 Å². The fourth-order valence-electron chi connectivity index (χ4n) is 3.31. The lowest BCUT2D eigenvalue weighted by molar-refractivity contribution is -0.120. The molecule has 8 heteroatoms. The fourth-order valence-corrected chi connectivity index (χ4v) is 4.29. The second kappa shape index (κ2) is 9.84. The lowest BCUT2D eigenvalue weighted by Crippen LogP contribution is -2.45. The normalized spacial score (nSPS) is 12.2. The van der Waals surface area contributed by atoms with Crippen LogP contribution in [0.4, 0.5) is 5.69 Å². The molecule has 30 heavy (non-hydrogen) atoms. The highest BCUT2D eigenvalue weighted by Crippen LogP contribution is 2.28. The van der Waals surface area contributed by atoms with Gasteiger partial charge in [-0.1, -0.05) is 17.7 Å². The molecule has 2 rings (SSSR count). The van der Waals surface area contributed by atoms with Gasteiger partial charge in [-0.15, -0.1) is 0 Å². The number of carbonyl (C=O) groups excluding carboxylic acids is 1. The SMILES string of the molecule is COc1ccc(OC[C@@H](C)NC(=O)CN(c2c(C)cc(C)cc2C)S(C)(=O)=O)cc1. The van der Waals surface area contributed by atoms with Gasteiger partial charge in [0.25, 0.3) is 0 Å². The molecular formula is C22H30N2O5S. The summed E-state index contributed by atoms with van der Waals surface area (Å²) in [5.74, 6) is 0.984. The molecule has 0 spiro atoms. The molecule has 1 N–H and O–H groups in total. The summed E-state index contributed by atoms with van der Waals surface area (Å²) in [5.41, 5.74) is 3.19. The number of ether oxygens (including phenoxy) is 2. The molecule has 0 aliphatic carbocycles. The van der Waals surface area contributed by atoms with Crippen molar-refractivity contribution in [3.05, 3.63) is 53.1 Å². The van der Waals surface area contributed by atoms with Gasteiger partial charge in [0.05, 0.1) is 25.1 Å². The highest BCUT2D eigenvalue weighted by Gasteiger charge is 2.24. The van der Waals surface area contributed by atoms with Crippen molar-refractivity contribution >= 4 is 21.6 Å². The molecule has 1 amide bonds. The predicted octanol–water partition coefficient (Wildman–Crippen LogP) is 2.97. The van der Waals surface area contributed by atoms with Gasteiger partial charge in [-0.05, 0) is 63.1 Å². The third-order valence-corrected chi connectivity index (χ3v) is 5.65. The maximum atomic E-state index is 12.6. The molecule has 0 aromatic heterocycles. The van der Waals surface area contributed by atoms with Crippen molar-refractivity contribution in [1.29, 1.82) is 0 Å². The van der Waals surface area contributed by atoms with Crippen LogP contribution in [0.5, 0.6) is 11.5 Å². The van der Waals surface area contributed by atoms with E-state index in [1.807, 2.05) is 32.9 Å². The first-order valence-corrected chi connectivity index (χ1v) is 11.5. The van der Waals surface area contributed by atoms with Gasteiger partial charge in [-0.2, -0.15) is 0 Å². The number of aryl methyl sites for hydroxylation is 3. The van der Waals surface area contributed by atoms with Gasteiger partial charge in [-0.3, -0.25) is 9.10 Å². The van der Waals surface area contributed by atoms with Crippen LogP contribution in [-0.4, -0.2) is 46.9 Å². The van der Waals surface area contributed by atoms with Gasteiger partial charge >= 0.3 is 0 Å². The Morgan fingerprint density at radius 2 is 1.60 bits per heavy atom. The van der Waals surface area contributed by atoms with Crippen LogP contribution in [0.25, 0.3) is 0 Å². The van der Waals surface area contributed by atoms with Crippen molar-refractivity contribution in [1.82, 2.24) is 5.32 Å². The van der Waals surface area contributed by atoms with Crippen molar-refractivity contribution in [2.45, 2.75) is 33.7 Å². The molecule has 0 aliphatic rings. The van der Waals surface area contributed by atoms with E-state index in [-0.39, 0.29) is 19.2 Å². The largest absolute Gasteiger partial charge is 0.497 e. The summed E-state index contributed by atoms with van der Waals surface area (Å²) >= 11 is 0. The van der Waals surface area contributed by atoms with E-state index < -0.39 is 15.9 Å². The average Bonchev–Trinajstić information content (AvgIpc) is 2.64. The van der Waals surface area contributed by atoms with Crippen molar-refractivity contribution in [2.24, 2.45) is 0 Å². The molecule has 7 nitrogen and oxygen atoms in total. The lowest BCUT2D eigenvalue weighted by Gasteiger charge is -2.26. The summed E-state index contributed by atoms with van der Waals surface area (Å²) in [6.07, 6.45) is 1.11. The molecule has 0 saturated carbocycles. The van der Waals surface area contributed by atoms with Crippen LogP contribution in [0.15, 0.2) is 36.4 Å². The molecule has 0 saturated heterocycles. The number of anilines is 1. The number of hydrogen-bond acceptors (Lipinski definition) is 5. The Morgan fingerprint density at radius 3 is 2.10 bits per heavy atom. The van der Waals surface area contributed by atoms with E-state index in [1.54, 1.807) is 38.3 Å². The zero-order chi connectivity index (χ0) is 22.5. The van der Waals surface area contributed by atoms with Crippen molar-refractivity contribution < 1.29 is 22.7 Å². The van der Waals surface area contributed by atoms with E-state index in [9.17, 15) is 13.2 Å². The number of carbonyl (C=O) groups is 1. The predicted molar refractivity (Wildman–Crippen MR) is 119 cm³/mol.